The van der Waals surface area contributed by atoms with Gasteiger partial charge in [0.2, 0.25) is 0 Å². The fraction of sp³-hybridized carbons (Fsp3) is 0.667. The Morgan fingerprint density at radius 3 is 2.67 bits per heavy atom. The highest BCUT2D eigenvalue weighted by Crippen LogP contribution is 2.19. The summed E-state index contributed by atoms with van der Waals surface area (Å²) in [5, 5.41) is 0. The molecule has 1 rings (SSSR count). The lowest BCUT2D eigenvalue weighted by Gasteiger charge is -1.96. The summed E-state index contributed by atoms with van der Waals surface area (Å²) in [7, 11) is 0. The van der Waals surface area contributed by atoms with Crippen LogP contribution in [0.3, 0.4) is 0 Å². The third kappa shape index (κ3) is 1.76. The molecule has 0 spiro atoms. The number of rotatable bonds is 4. The van der Waals surface area contributed by atoms with E-state index in [1.807, 2.05) is 13.8 Å². The second-order valence-electron chi connectivity index (χ2n) is 1.95. The summed E-state index contributed by atoms with van der Waals surface area (Å²) in [6.07, 6.45) is 0. The molecule has 0 aromatic carbocycles. The lowest BCUT2D eigenvalue weighted by Crippen LogP contribution is -2.12. The highest BCUT2D eigenvalue weighted by Gasteiger charge is 2.20. The normalized spacial score (nSPS) is 9.83. The molecule has 0 atom stereocenters. The zero-order valence-corrected chi connectivity index (χ0v) is 7.81. The van der Waals surface area contributed by atoms with Gasteiger partial charge in [-0.25, -0.2) is 0 Å². The maximum absolute atomic E-state index is 11.0. The van der Waals surface area contributed by atoms with Crippen LogP contribution in [-0.4, -0.2) is 17.6 Å². The molecule has 0 radical (unpaired) electrons. The van der Waals surface area contributed by atoms with Gasteiger partial charge in [0.25, 0.3) is 11.7 Å². The first-order valence-corrected chi connectivity index (χ1v) is 4.47. The van der Waals surface area contributed by atoms with Gasteiger partial charge in [0.1, 0.15) is 3.82 Å². The SMILES string of the molecule is CCOc1[nH]s[n+](=O)c1OCC. The molecule has 0 aliphatic carbocycles. The van der Waals surface area contributed by atoms with Gasteiger partial charge in [0.15, 0.2) is 0 Å². The fourth-order valence-electron chi connectivity index (χ4n) is 0.741. The minimum absolute atomic E-state index is 0.212. The molecule has 0 saturated carbocycles. The topological polar surface area (TPSA) is 57.2 Å². The Labute approximate surface area is 73.8 Å². The van der Waals surface area contributed by atoms with Crippen LogP contribution in [-0.2, 0) is 0 Å². The molecule has 0 aliphatic rings. The Balaban J connectivity index is 2.87. The highest BCUT2D eigenvalue weighted by molar-refractivity contribution is 6.94. The predicted molar refractivity (Wildman–Crippen MR) is 44.4 cm³/mol. The van der Waals surface area contributed by atoms with E-state index >= 15 is 0 Å². The van der Waals surface area contributed by atoms with Crippen LogP contribution >= 0.6 is 11.7 Å². The van der Waals surface area contributed by atoms with Gasteiger partial charge in [-0.3, -0.25) is 0 Å². The van der Waals surface area contributed by atoms with Gasteiger partial charge in [-0.1, -0.05) is 0 Å². The minimum Gasteiger partial charge on any atom is -0.456 e. The standard InChI is InChI=1S/C6H11N2O3S/c1-3-10-5-6(11-4-2)8(9)12-7-5/h7H,3-4H2,1-2H3/q+1. The van der Waals surface area contributed by atoms with Crippen LogP contribution in [0.15, 0.2) is 0 Å². The molecule has 1 aromatic heterocycles. The van der Waals surface area contributed by atoms with E-state index < -0.39 is 0 Å². The van der Waals surface area contributed by atoms with Crippen molar-refractivity contribution >= 4 is 11.7 Å². The van der Waals surface area contributed by atoms with E-state index in [1.54, 1.807) is 0 Å². The molecule has 6 heteroatoms. The third-order valence-corrected chi connectivity index (χ3v) is 1.76. The third-order valence-electron chi connectivity index (χ3n) is 1.15. The second kappa shape index (κ2) is 4.10. The predicted octanol–water partition coefficient (Wildman–Crippen LogP) is 0.788. The van der Waals surface area contributed by atoms with Gasteiger partial charge in [0, 0.05) is 0 Å². The molecule has 0 aliphatic heterocycles. The van der Waals surface area contributed by atoms with E-state index in [4.69, 9.17) is 9.47 Å². The Morgan fingerprint density at radius 2 is 2.08 bits per heavy atom. The largest absolute Gasteiger partial charge is 0.456 e. The van der Waals surface area contributed by atoms with Crippen molar-refractivity contribution in [1.29, 1.82) is 0 Å². The maximum Gasteiger partial charge on any atom is 0.431 e. The van der Waals surface area contributed by atoms with Crippen LogP contribution in [0.5, 0.6) is 11.8 Å². The van der Waals surface area contributed by atoms with Gasteiger partial charge in [-0.15, -0.1) is 4.37 Å². The van der Waals surface area contributed by atoms with Crippen molar-refractivity contribution < 1.29 is 13.3 Å². The number of aromatic amines is 1. The number of nitrogens with one attached hydrogen (secondary N) is 1. The van der Waals surface area contributed by atoms with Crippen LogP contribution in [0.25, 0.3) is 0 Å². The zero-order valence-electron chi connectivity index (χ0n) is 6.99. The molecule has 0 unspecified atom stereocenters. The minimum atomic E-state index is 0.212. The molecule has 5 nitrogen and oxygen atoms in total. The summed E-state index contributed by atoms with van der Waals surface area (Å²) in [6, 6.07) is 0. The average molecular weight is 191 g/mol. The molecule has 1 N–H and O–H groups in total. The first kappa shape index (κ1) is 9.05. The van der Waals surface area contributed by atoms with Gasteiger partial charge < -0.3 is 9.47 Å². The number of hydrogen-bond acceptors (Lipinski definition) is 4. The van der Waals surface area contributed by atoms with Crippen molar-refractivity contribution in [1.82, 2.24) is 4.37 Å². The van der Waals surface area contributed by atoms with Crippen LogP contribution in [0.4, 0.5) is 0 Å². The molecule has 0 bridgehead atoms. The Morgan fingerprint density at radius 1 is 1.42 bits per heavy atom. The Hall–Kier alpha value is -1.04. The van der Waals surface area contributed by atoms with E-state index in [0.717, 1.165) is 11.7 Å². The molecule has 1 aromatic rings. The zero-order chi connectivity index (χ0) is 8.97. The summed E-state index contributed by atoms with van der Waals surface area (Å²) < 4.78 is 13.5. The highest BCUT2D eigenvalue weighted by atomic mass is 32.1. The van der Waals surface area contributed by atoms with Gasteiger partial charge in [-0.05, 0) is 18.8 Å². The first-order valence-electron chi connectivity index (χ1n) is 3.69. The molecular weight excluding hydrogens is 180 g/mol. The summed E-state index contributed by atoms with van der Waals surface area (Å²) in [5.41, 5.74) is 0. The quantitative estimate of drug-likeness (QED) is 0.716. The Kier molecular flexibility index (Phi) is 3.09. The number of H-pyrrole nitrogens is 1. The van der Waals surface area contributed by atoms with Crippen molar-refractivity contribution in [3.8, 4) is 11.8 Å². The van der Waals surface area contributed by atoms with Crippen molar-refractivity contribution in [2.45, 2.75) is 13.8 Å². The molecule has 0 amide bonds. The van der Waals surface area contributed by atoms with Crippen LogP contribution in [0.2, 0.25) is 0 Å². The summed E-state index contributed by atoms with van der Waals surface area (Å²) >= 11 is 0.897. The summed E-state index contributed by atoms with van der Waals surface area (Å²) in [6.45, 7) is 4.62. The maximum atomic E-state index is 11.0. The fourth-order valence-corrected chi connectivity index (χ4v) is 1.27. The molecular formula is C6H11N2O3S+. The van der Waals surface area contributed by atoms with Crippen molar-refractivity contribution in [3.63, 3.8) is 0 Å². The van der Waals surface area contributed by atoms with Gasteiger partial charge >= 0.3 is 11.8 Å². The molecule has 1 heterocycles. The first-order chi connectivity index (χ1) is 5.79. The van der Waals surface area contributed by atoms with E-state index in [0.29, 0.717) is 22.9 Å². The molecule has 0 fully saturated rings. The smallest absolute Gasteiger partial charge is 0.431 e. The van der Waals surface area contributed by atoms with Crippen LogP contribution < -0.4 is 13.3 Å². The monoisotopic (exact) mass is 191 g/mol. The van der Waals surface area contributed by atoms with E-state index in [9.17, 15) is 4.91 Å². The van der Waals surface area contributed by atoms with Crippen LogP contribution in [0, 0.1) is 4.91 Å². The molecule has 68 valence electrons. The van der Waals surface area contributed by atoms with Crippen molar-refractivity contribution in [2.24, 2.45) is 0 Å². The lowest BCUT2D eigenvalue weighted by molar-refractivity contribution is -0.428. The number of nitrogens with zero attached hydrogens (tertiary/aromatic N) is 1. The van der Waals surface area contributed by atoms with Gasteiger partial charge in [0.05, 0.1) is 13.2 Å². The molecule has 0 saturated heterocycles. The number of aromatic nitrogens is 2. The average Bonchev–Trinajstić information content (AvgIpc) is 2.37. The Bertz CT molecular complexity index is 293. The van der Waals surface area contributed by atoms with Crippen LogP contribution in [0.1, 0.15) is 13.8 Å². The van der Waals surface area contributed by atoms with Crippen molar-refractivity contribution in [3.05, 3.63) is 4.91 Å². The van der Waals surface area contributed by atoms with E-state index in [1.165, 1.54) is 0 Å². The number of ether oxygens (including phenoxy) is 2. The van der Waals surface area contributed by atoms with Gasteiger partial charge in [-0.2, -0.15) is 0 Å². The van der Waals surface area contributed by atoms with E-state index in [-0.39, 0.29) is 5.88 Å². The lowest BCUT2D eigenvalue weighted by atomic mass is 10.7. The molecule has 12 heavy (non-hydrogen) atoms. The van der Waals surface area contributed by atoms with Crippen molar-refractivity contribution in [2.75, 3.05) is 13.2 Å². The van der Waals surface area contributed by atoms with E-state index in [2.05, 4.69) is 4.37 Å². The summed E-state index contributed by atoms with van der Waals surface area (Å²) in [4.78, 5) is 11.0. The number of hydrogen-bond donors (Lipinski definition) is 1. The summed E-state index contributed by atoms with van der Waals surface area (Å²) in [5.74, 6) is 0.615. The second-order valence-corrected chi connectivity index (χ2v) is 2.67.